The number of fused-ring (bicyclic) bond motifs is 1. The zero-order valence-electron chi connectivity index (χ0n) is 16.7. The van der Waals surface area contributed by atoms with E-state index in [0.29, 0.717) is 18.4 Å². The molecule has 12 heteroatoms. The van der Waals surface area contributed by atoms with Gasteiger partial charge in [0.1, 0.15) is 0 Å². The maximum absolute atomic E-state index is 13.5. The summed E-state index contributed by atoms with van der Waals surface area (Å²) in [6.07, 6.45) is -3.89. The van der Waals surface area contributed by atoms with Gasteiger partial charge in [-0.1, -0.05) is 18.2 Å². The van der Waals surface area contributed by atoms with Crippen LogP contribution in [0.2, 0.25) is 0 Å². The van der Waals surface area contributed by atoms with Gasteiger partial charge in [-0.05, 0) is 37.0 Å². The van der Waals surface area contributed by atoms with Crippen LogP contribution in [0.4, 0.5) is 18.9 Å². The summed E-state index contributed by atoms with van der Waals surface area (Å²) >= 11 is 0. The van der Waals surface area contributed by atoms with Crippen LogP contribution in [-0.2, 0) is 22.7 Å². The van der Waals surface area contributed by atoms with E-state index in [-0.39, 0.29) is 41.7 Å². The number of aromatic nitrogens is 2. The first-order valence-electron chi connectivity index (χ1n) is 9.84. The standard InChI is InChI=1S/C20H19F3N4O4S/c21-20(22,23)19-24-17-6-1-2-7-18(17)26(19)13-14-8-10-25(11-9-14)32(30,31)16-5-3-4-15(12-16)27(28)29/h1-7,12,14H,8-11,13H2. The molecule has 8 nitrogen and oxygen atoms in total. The number of nitrogens with zero attached hydrogens (tertiary/aromatic N) is 4. The lowest BCUT2D eigenvalue weighted by molar-refractivity contribution is -0.385. The second-order valence-corrected chi connectivity index (χ2v) is 9.57. The van der Waals surface area contributed by atoms with Gasteiger partial charge in [-0.15, -0.1) is 0 Å². The molecule has 3 aromatic rings. The third-order valence-corrected chi connectivity index (χ3v) is 7.48. The number of non-ortho nitro benzene ring substituents is 1. The molecule has 2 aromatic carbocycles. The summed E-state index contributed by atoms with van der Waals surface area (Å²) in [5, 5.41) is 11.0. The summed E-state index contributed by atoms with van der Waals surface area (Å²) < 4.78 is 68.7. The molecule has 170 valence electrons. The molecule has 0 radical (unpaired) electrons. The van der Waals surface area contributed by atoms with Crippen LogP contribution in [0.5, 0.6) is 0 Å². The second-order valence-electron chi connectivity index (χ2n) is 7.63. The van der Waals surface area contributed by atoms with E-state index >= 15 is 0 Å². The summed E-state index contributed by atoms with van der Waals surface area (Å²) in [7, 11) is -3.94. The highest BCUT2D eigenvalue weighted by molar-refractivity contribution is 7.89. The number of rotatable bonds is 5. The van der Waals surface area contributed by atoms with E-state index in [4.69, 9.17) is 0 Å². The number of piperidine rings is 1. The van der Waals surface area contributed by atoms with Gasteiger partial charge in [0.2, 0.25) is 15.8 Å². The number of hydrogen-bond donors (Lipinski definition) is 0. The van der Waals surface area contributed by atoms with Gasteiger partial charge < -0.3 is 4.57 Å². The lowest BCUT2D eigenvalue weighted by Crippen LogP contribution is -2.39. The average Bonchev–Trinajstić information content (AvgIpc) is 3.13. The van der Waals surface area contributed by atoms with Gasteiger partial charge in [0, 0.05) is 31.8 Å². The molecule has 0 atom stereocenters. The molecule has 4 rings (SSSR count). The molecule has 0 amide bonds. The first-order valence-corrected chi connectivity index (χ1v) is 11.3. The van der Waals surface area contributed by atoms with Crippen molar-refractivity contribution >= 4 is 26.7 Å². The maximum Gasteiger partial charge on any atom is 0.449 e. The highest BCUT2D eigenvalue weighted by atomic mass is 32.2. The number of halogens is 3. The third-order valence-electron chi connectivity index (χ3n) is 5.59. The Bertz CT molecular complexity index is 1270. The number of alkyl halides is 3. The van der Waals surface area contributed by atoms with Crippen molar-refractivity contribution in [2.75, 3.05) is 13.1 Å². The van der Waals surface area contributed by atoms with Crippen molar-refractivity contribution in [3.8, 4) is 0 Å². The largest absolute Gasteiger partial charge is 0.449 e. The number of nitro benzene ring substituents is 1. The Morgan fingerprint density at radius 2 is 1.78 bits per heavy atom. The first-order chi connectivity index (χ1) is 15.1. The predicted molar refractivity (Wildman–Crippen MR) is 109 cm³/mol. The number of nitro groups is 1. The van der Waals surface area contributed by atoms with Gasteiger partial charge in [0.15, 0.2) is 0 Å². The Balaban J connectivity index is 1.52. The molecule has 1 aliphatic rings. The lowest BCUT2D eigenvalue weighted by Gasteiger charge is -2.31. The lowest BCUT2D eigenvalue weighted by atomic mass is 9.98. The molecule has 1 aliphatic heterocycles. The summed E-state index contributed by atoms with van der Waals surface area (Å²) in [4.78, 5) is 13.9. The van der Waals surface area contributed by atoms with Crippen LogP contribution in [0.25, 0.3) is 11.0 Å². The minimum absolute atomic E-state index is 0.0695. The van der Waals surface area contributed by atoms with Crippen LogP contribution in [0.1, 0.15) is 18.7 Å². The molecule has 0 aliphatic carbocycles. The van der Waals surface area contributed by atoms with Gasteiger partial charge in [-0.2, -0.15) is 17.5 Å². The SMILES string of the molecule is O=[N+]([O-])c1cccc(S(=O)(=O)N2CCC(Cn3c(C(F)(F)F)nc4ccccc43)CC2)c1. The quantitative estimate of drug-likeness (QED) is 0.415. The highest BCUT2D eigenvalue weighted by Gasteiger charge is 2.38. The molecule has 1 saturated heterocycles. The summed E-state index contributed by atoms with van der Waals surface area (Å²) in [6.45, 7) is 0.299. The zero-order chi connectivity index (χ0) is 23.1. The fraction of sp³-hybridized carbons (Fsp3) is 0.350. The number of imidazole rings is 1. The molecule has 1 fully saturated rings. The molecule has 2 heterocycles. The molecule has 0 N–H and O–H groups in total. The van der Waals surface area contributed by atoms with E-state index in [1.165, 1.54) is 28.6 Å². The van der Waals surface area contributed by atoms with Crippen LogP contribution in [0.3, 0.4) is 0 Å². The predicted octanol–water partition coefficient (Wildman–Crippen LogP) is 4.06. The van der Waals surface area contributed by atoms with Gasteiger partial charge in [0.05, 0.1) is 20.9 Å². The second kappa shape index (κ2) is 8.17. The Kier molecular flexibility index (Phi) is 5.67. The zero-order valence-corrected chi connectivity index (χ0v) is 17.5. The van der Waals surface area contributed by atoms with Crippen LogP contribution in [0, 0.1) is 16.0 Å². The van der Waals surface area contributed by atoms with Gasteiger partial charge >= 0.3 is 6.18 Å². The highest BCUT2D eigenvalue weighted by Crippen LogP contribution is 2.34. The molecular weight excluding hydrogens is 449 g/mol. The molecular formula is C20H19F3N4O4S. The molecule has 1 aromatic heterocycles. The van der Waals surface area contributed by atoms with Crippen molar-refractivity contribution < 1.29 is 26.5 Å². The van der Waals surface area contributed by atoms with Crippen molar-refractivity contribution in [3.05, 3.63) is 64.5 Å². The summed E-state index contributed by atoms with van der Waals surface area (Å²) in [5.41, 5.74) is 0.310. The molecule has 0 unspecified atom stereocenters. The monoisotopic (exact) mass is 468 g/mol. The summed E-state index contributed by atoms with van der Waals surface area (Å²) in [5.74, 6) is -1.14. The number of para-hydroxylation sites is 2. The first kappa shape index (κ1) is 22.2. The van der Waals surface area contributed by atoms with Crippen molar-refractivity contribution in [1.82, 2.24) is 13.9 Å². The van der Waals surface area contributed by atoms with E-state index in [1.807, 2.05) is 0 Å². The number of hydrogen-bond acceptors (Lipinski definition) is 5. The minimum Gasteiger partial charge on any atom is -0.320 e. The molecule has 32 heavy (non-hydrogen) atoms. The van der Waals surface area contributed by atoms with Crippen molar-refractivity contribution in [3.63, 3.8) is 0 Å². The fourth-order valence-corrected chi connectivity index (χ4v) is 5.48. The Morgan fingerprint density at radius 3 is 2.44 bits per heavy atom. The van der Waals surface area contributed by atoms with Gasteiger partial charge in [0.25, 0.3) is 5.69 Å². The fourth-order valence-electron chi connectivity index (χ4n) is 3.97. The van der Waals surface area contributed by atoms with E-state index in [2.05, 4.69) is 4.98 Å². The number of sulfonamides is 1. The number of benzene rings is 2. The van der Waals surface area contributed by atoms with Gasteiger partial charge in [-0.3, -0.25) is 10.1 Å². The van der Waals surface area contributed by atoms with Crippen molar-refractivity contribution in [1.29, 1.82) is 0 Å². The normalized spacial score (nSPS) is 16.5. The minimum atomic E-state index is -4.61. The Hall–Kier alpha value is -2.99. The van der Waals surface area contributed by atoms with E-state index in [9.17, 15) is 31.7 Å². The molecule has 0 saturated carbocycles. The Labute approximate surface area is 181 Å². The third kappa shape index (κ3) is 4.19. The van der Waals surface area contributed by atoms with Crippen LogP contribution < -0.4 is 0 Å². The molecule has 0 spiro atoms. The maximum atomic E-state index is 13.5. The van der Waals surface area contributed by atoms with Crippen LogP contribution in [0.15, 0.2) is 53.4 Å². The van der Waals surface area contributed by atoms with Crippen molar-refractivity contribution in [2.45, 2.75) is 30.5 Å². The van der Waals surface area contributed by atoms with Crippen LogP contribution in [-0.4, -0.2) is 40.3 Å². The van der Waals surface area contributed by atoms with E-state index in [1.54, 1.807) is 18.2 Å². The smallest absolute Gasteiger partial charge is 0.320 e. The Morgan fingerprint density at radius 1 is 1.09 bits per heavy atom. The van der Waals surface area contributed by atoms with Crippen molar-refractivity contribution in [2.24, 2.45) is 5.92 Å². The van der Waals surface area contributed by atoms with E-state index < -0.39 is 26.9 Å². The van der Waals surface area contributed by atoms with Gasteiger partial charge in [-0.25, -0.2) is 13.4 Å². The topological polar surface area (TPSA) is 98.3 Å². The molecule has 0 bridgehead atoms. The summed E-state index contributed by atoms with van der Waals surface area (Å²) in [6, 6.07) is 11.2. The van der Waals surface area contributed by atoms with Crippen LogP contribution >= 0.6 is 0 Å². The average molecular weight is 468 g/mol. The van der Waals surface area contributed by atoms with E-state index in [0.717, 1.165) is 10.6 Å².